The number of benzene rings is 1. The lowest BCUT2D eigenvalue weighted by atomic mass is 10.0. The van der Waals surface area contributed by atoms with E-state index >= 15 is 0 Å². The predicted octanol–water partition coefficient (Wildman–Crippen LogP) is 3.58. The zero-order valence-electron chi connectivity index (χ0n) is 15.0. The Labute approximate surface area is 157 Å². The standard InChI is InChI=1S/C20H22N4OS/c1-14-8-9-19(26-14)16-12-17(22-21-16)20(25)24-11-10-23(2)13-18(24)15-6-4-3-5-7-15/h3-9,12,18H,10-11,13H2,1-2H3,(H,21,22)/t18-/m1/s1. The molecule has 0 spiro atoms. The summed E-state index contributed by atoms with van der Waals surface area (Å²) in [5.74, 6) is -0.0114. The first-order chi connectivity index (χ1) is 12.6. The Morgan fingerprint density at radius 1 is 1.19 bits per heavy atom. The highest BCUT2D eigenvalue weighted by Gasteiger charge is 2.31. The summed E-state index contributed by atoms with van der Waals surface area (Å²) in [6, 6.07) is 16.3. The minimum absolute atomic E-state index is 0.0114. The molecule has 3 aromatic rings. The number of amides is 1. The van der Waals surface area contributed by atoms with E-state index in [4.69, 9.17) is 0 Å². The molecular formula is C20H22N4OS. The van der Waals surface area contributed by atoms with Crippen molar-refractivity contribution in [2.24, 2.45) is 0 Å². The van der Waals surface area contributed by atoms with E-state index in [0.29, 0.717) is 12.2 Å². The van der Waals surface area contributed by atoms with E-state index in [2.05, 4.69) is 53.3 Å². The zero-order chi connectivity index (χ0) is 18.1. The summed E-state index contributed by atoms with van der Waals surface area (Å²) in [5.41, 5.74) is 2.55. The van der Waals surface area contributed by atoms with Crippen LogP contribution in [-0.2, 0) is 0 Å². The van der Waals surface area contributed by atoms with E-state index in [1.165, 1.54) is 4.88 Å². The minimum Gasteiger partial charge on any atom is -0.328 e. The molecule has 1 atom stereocenters. The van der Waals surface area contributed by atoms with Gasteiger partial charge < -0.3 is 9.80 Å². The minimum atomic E-state index is -0.0114. The van der Waals surface area contributed by atoms with Crippen molar-refractivity contribution >= 4 is 17.2 Å². The average Bonchev–Trinajstić information content (AvgIpc) is 3.31. The van der Waals surface area contributed by atoms with Gasteiger partial charge in [-0.1, -0.05) is 30.3 Å². The third-order valence-corrected chi connectivity index (χ3v) is 5.87. The lowest BCUT2D eigenvalue weighted by molar-refractivity contribution is 0.0492. The number of thiophene rings is 1. The molecule has 1 amide bonds. The van der Waals surface area contributed by atoms with E-state index in [9.17, 15) is 4.79 Å². The molecule has 0 bridgehead atoms. The number of aromatic amines is 1. The van der Waals surface area contributed by atoms with Gasteiger partial charge in [0.2, 0.25) is 0 Å². The molecule has 1 fully saturated rings. The van der Waals surface area contributed by atoms with Crippen LogP contribution in [0.15, 0.2) is 48.5 Å². The second-order valence-corrected chi connectivity index (χ2v) is 8.05. The number of carbonyl (C=O) groups is 1. The van der Waals surface area contributed by atoms with E-state index in [-0.39, 0.29) is 11.9 Å². The predicted molar refractivity (Wildman–Crippen MR) is 104 cm³/mol. The van der Waals surface area contributed by atoms with Gasteiger partial charge in [0.15, 0.2) is 5.69 Å². The number of H-pyrrole nitrogens is 1. The summed E-state index contributed by atoms with van der Waals surface area (Å²) >= 11 is 1.70. The molecule has 4 rings (SSSR count). The molecule has 26 heavy (non-hydrogen) atoms. The smallest absolute Gasteiger partial charge is 0.274 e. The van der Waals surface area contributed by atoms with Gasteiger partial charge in [-0.15, -0.1) is 11.3 Å². The summed E-state index contributed by atoms with van der Waals surface area (Å²) in [7, 11) is 2.10. The Balaban J connectivity index is 1.61. The maximum Gasteiger partial charge on any atom is 0.274 e. The van der Waals surface area contributed by atoms with Crippen LogP contribution in [0.5, 0.6) is 0 Å². The molecule has 2 aromatic heterocycles. The topological polar surface area (TPSA) is 52.2 Å². The van der Waals surface area contributed by atoms with Crippen LogP contribution in [0.25, 0.3) is 10.6 Å². The second kappa shape index (κ2) is 7.05. The molecule has 3 heterocycles. The largest absolute Gasteiger partial charge is 0.328 e. The van der Waals surface area contributed by atoms with Crippen molar-refractivity contribution < 1.29 is 4.79 Å². The highest BCUT2D eigenvalue weighted by atomic mass is 32.1. The lowest BCUT2D eigenvalue weighted by Crippen LogP contribution is -2.49. The van der Waals surface area contributed by atoms with Crippen molar-refractivity contribution in [3.05, 3.63) is 64.7 Å². The third kappa shape index (κ3) is 3.30. The van der Waals surface area contributed by atoms with Crippen LogP contribution in [0.1, 0.15) is 27.0 Å². The van der Waals surface area contributed by atoms with Gasteiger partial charge in [0.1, 0.15) is 0 Å². The number of piperazine rings is 1. The lowest BCUT2D eigenvalue weighted by Gasteiger charge is -2.40. The SMILES string of the molecule is Cc1ccc(-c2cc(C(=O)N3CCN(C)C[C@@H]3c3ccccc3)n[nH]2)s1. The Morgan fingerprint density at radius 3 is 2.73 bits per heavy atom. The average molecular weight is 366 g/mol. The van der Waals surface area contributed by atoms with Crippen LogP contribution in [0.3, 0.4) is 0 Å². The van der Waals surface area contributed by atoms with Gasteiger partial charge in [0, 0.05) is 24.5 Å². The molecule has 5 nitrogen and oxygen atoms in total. The monoisotopic (exact) mass is 366 g/mol. The van der Waals surface area contributed by atoms with Crippen LogP contribution in [0.2, 0.25) is 0 Å². The Hall–Kier alpha value is -2.44. The first-order valence-corrected chi connectivity index (χ1v) is 9.60. The number of aromatic nitrogens is 2. The first-order valence-electron chi connectivity index (χ1n) is 8.78. The van der Waals surface area contributed by atoms with Crippen molar-refractivity contribution in [2.45, 2.75) is 13.0 Å². The Morgan fingerprint density at radius 2 is 2.00 bits per heavy atom. The number of carbonyl (C=O) groups excluding carboxylic acids is 1. The highest BCUT2D eigenvalue weighted by Crippen LogP contribution is 2.29. The van der Waals surface area contributed by atoms with Gasteiger partial charge in [-0.05, 0) is 37.7 Å². The number of hydrogen-bond donors (Lipinski definition) is 1. The molecule has 0 aliphatic carbocycles. The Bertz CT molecular complexity index is 901. The van der Waals surface area contributed by atoms with Crippen molar-refractivity contribution in [1.82, 2.24) is 20.0 Å². The fraction of sp³-hybridized carbons (Fsp3) is 0.300. The quantitative estimate of drug-likeness (QED) is 0.771. The first kappa shape index (κ1) is 17.0. The van der Waals surface area contributed by atoms with E-state index < -0.39 is 0 Å². The molecule has 1 saturated heterocycles. The van der Waals surface area contributed by atoms with Crippen molar-refractivity contribution in [2.75, 3.05) is 26.7 Å². The number of likely N-dealkylation sites (N-methyl/N-ethyl adjacent to an activating group) is 1. The highest BCUT2D eigenvalue weighted by molar-refractivity contribution is 7.15. The van der Waals surface area contributed by atoms with E-state index in [0.717, 1.165) is 29.2 Å². The van der Waals surface area contributed by atoms with Crippen LogP contribution < -0.4 is 0 Å². The molecule has 0 saturated carbocycles. The van der Waals surface area contributed by atoms with Gasteiger partial charge in [-0.3, -0.25) is 9.89 Å². The number of aryl methyl sites for hydroxylation is 1. The third-order valence-electron chi connectivity index (χ3n) is 4.83. The molecule has 1 N–H and O–H groups in total. The molecular weight excluding hydrogens is 344 g/mol. The molecule has 1 aromatic carbocycles. The number of hydrogen-bond acceptors (Lipinski definition) is 4. The van der Waals surface area contributed by atoms with Crippen molar-refractivity contribution in [1.29, 1.82) is 0 Å². The molecule has 134 valence electrons. The molecule has 1 aliphatic heterocycles. The fourth-order valence-corrected chi connectivity index (χ4v) is 4.24. The summed E-state index contributed by atoms with van der Waals surface area (Å²) in [5, 5.41) is 7.32. The summed E-state index contributed by atoms with van der Waals surface area (Å²) < 4.78 is 0. The van der Waals surface area contributed by atoms with Crippen molar-refractivity contribution in [3.63, 3.8) is 0 Å². The van der Waals surface area contributed by atoms with Crippen LogP contribution in [-0.4, -0.2) is 52.6 Å². The van der Waals surface area contributed by atoms with Gasteiger partial charge in [-0.25, -0.2) is 0 Å². The van der Waals surface area contributed by atoms with Crippen molar-refractivity contribution in [3.8, 4) is 10.6 Å². The summed E-state index contributed by atoms with van der Waals surface area (Å²) in [6.45, 7) is 4.48. The summed E-state index contributed by atoms with van der Waals surface area (Å²) in [6.07, 6.45) is 0. The zero-order valence-corrected chi connectivity index (χ0v) is 15.8. The van der Waals surface area contributed by atoms with Gasteiger partial charge in [0.25, 0.3) is 5.91 Å². The maximum atomic E-state index is 13.2. The van der Waals surface area contributed by atoms with Crippen LogP contribution in [0, 0.1) is 6.92 Å². The number of nitrogens with one attached hydrogen (secondary N) is 1. The second-order valence-electron chi connectivity index (χ2n) is 6.76. The van der Waals surface area contributed by atoms with Gasteiger partial charge >= 0.3 is 0 Å². The van der Waals surface area contributed by atoms with E-state index in [1.54, 1.807) is 11.3 Å². The fourth-order valence-electron chi connectivity index (χ4n) is 3.41. The van der Waals surface area contributed by atoms with Gasteiger partial charge in [-0.2, -0.15) is 5.10 Å². The molecule has 0 radical (unpaired) electrons. The summed E-state index contributed by atoms with van der Waals surface area (Å²) in [4.78, 5) is 19.7. The normalized spacial score (nSPS) is 18.2. The molecule has 0 unspecified atom stereocenters. The Kier molecular flexibility index (Phi) is 4.61. The maximum absolute atomic E-state index is 13.2. The van der Waals surface area contributed by atoms with Crippen LogP contribution >= 0.6 is 11.3 Å². The number of nitrogens with zero attached hydrogens (tertiary/aromatic N) is 3. The van der Waals surface area contributed by atoms with E-state index in [1.807, 2.05) is 29.2 Å². The number of rotatable bonds is 3. The molecule has 6 heteroatoms. The molecule has 1 aliphatic rings. The van der Waals surface area contributed by atoms with Crippen LogP contribution in [0.4, 0.5) is 0 Å². The van der Waals surface area contributed by atoms with Gasteiger partial charge in [0.05, 0.1) is 16.6 Å².